The lowest BCUT2D eigenvalue weighted by Crippen LogP contribution is -1.93. The number of H-pyrrole nitrogens is 1. The van der Waals surface area contributed by atoms with Gasteiger partial charge in [0.25, 0.3) is 0 Å². The highest BCUT2D eigenvalue weighted by molar-refractivity contribution is 5.91. The third-order valence-electron chi connectivity index (χ3n) is 2.38. The molecule has 0 aliphatic carbocycles. The molecular weight excluding hydrogens is 190 g/mol. The molecule has 0 unspecified atom stereocenters. The lowest BCUT2D eigenvalue weighted by Gasteiger charge is -1.98. The number of benzene rings is 1. The van der Waals surface area contributed by atoms with Gasteiger partial charge in [-0.1, -0.05) is 13.8 Å². The normalized spacial score (nSPS) is 12.5. The van der Waals surface area contributed by atoms with Crippen LogP contribution >= 0.6 is 0 Å². The van der Waals surface area contributed by atoms with E-state index in [0.717, 1.165) is 22.4 Å². The van der Waals surface area contributed by atoms with E-state index in [2.05, 4.69) is 11.9 Å². The van der Waals surface area contributed by atoms with Gasteiger partial charge in [0.15, 0.2) is 11.5 Å². The van der Waals surface area contributed by atoms with Gasteiger partial charge in [0.2, 0.25) is 6.79 Å². The van der Waals surface area contributed by atoms with E-state index in [1.54, 1.807) is 0 Å². The zero-order valence-electron chi connectivity index (χ0n) is 9.26. The second kappa shape index (κ2) is 3.85. The molecule has 2 aromatic rings. The van der Waals surface area contributed by atoms with Crippen molar-refractivity contribution in [2.45, 2.75) is 20.8 Å². The van der Waals surface area contributed by atoms with Gasteiger partial charge in [-0.15, -0.1) is 0 Å². The molecule has 3 rings (SSSR count). The molecule has 15 heavy (non-hydrogen) atoms. The Balaban J connectivity index is 0.000000404. The van der Waals surface area contributed by atoms with Crippen LogP contribution in [0.1, 0.15) is 19.4 Å². The predicted molar refractivity (Wildman–Crippen MR) is 60.5 cm³/mol. The van der Waals surface area contributed by atoms with Gasteiger partial charge in [0.05, 0.1) is 0 Å². The summed E-state index contributed by atoms with van der Waals surface area (Å²) in [4.78, 5) is 3.18. The summed E-state index contributed by atoms with van der Waals surface area (Å²) in [5.74, 6) is 1.71. The summed E-state index contributed by atoms with van der Waals surface area (Å²) < 4.78 is 10.7. The standard InChI is InChI=1S/C10H9NO2.C2H6/c1-6-4-11-7-2-3-8-10(9(6)7)13-5-12-8;1-2/h2-4,11H,5H2,1H3;1-2H3. The molecule has 1 aliphatic heterocycles. The maximum absolute atomic E-state index is 5.41. The second-order valence-electron chi connectivity index (χ2n) is 3.19. The Morgan fingerprint density at radius 2 is 2.00 bits per heavy atom. The maximum atomic E-state index is 5.41. The number of aromatic nitrogens is 1. The van der Waals surface area contributed by atoms with Crippen LogP contribution in [0.2, 0.25) is 0 Å². The topological polar surface area (TPSA) is 34.2 Å². The minimum Gasteiger partial charge on any atom is -0.454 e. The van der Waals surface area contributed by atoms with Crippen molar-refractivity contribution in [2.75, 3.05) is 6.79 Å². The van der Waals surface area contributed by atoms with E-state index in [1.165, 1.54) is 5.56 Å². The van der Waals surface area contributed by atoms with Crippen LogP contribution in [0.4, 0.5) is 0 Å². The van der Waals surface area contributed by atoms with Crippen LogP contribution in [-0.4, -0.2) is 11.8 Å². The number of aromatic amines is 1. The molecule has 0 bridgehead atoms. The van der Waals surface area contributed by atoms with Gasteiger partial charge >= 0.3 is 0 Å². The third kappa shape index (κ3) is 1.44. The molecule has 0 saturated carbocycles. The van der Waals surface area contributed by atoms with E-state index in [4.69, 9.17) is 9.47 Å². The molecule has 0 atom stereocenters. The predicted octanol–water partition coefficient (Wildman–Crippen LogP) is 3.23. The lowest BCUT2D eigenvalue weighted by molar-refractivity contribution is 0.175. The molecule has 1 aromatic heterocycles. The molecule has 1 aliphatic rings. The van der Waals surface area contributed by atoms with Crippen molar-refractivity contribution >= 4 is 10.9 Å². The summed E-state index contributed by atoms with van der Waals surface area (Å²) in [5.41, 5.74) is 2.29. The lowest BCUT2D eigenvalue weighted by atomic mass is 10.1. The monoisotopic (exact) mass is 205 g/mol. The van der Waals surface area contributed by atoms with Gasteiger partial charge in [-0.25, -0.2) is 0 Å². The smallest absolute Gasteiger partial charge is 0.231 e. The van der Waals surface area contributed by atoms with E-state index in [0.29, 0.717) is 6.79 Å². The fourth-order valence-corrected chi connectivity index (χ4v) is 1.74. The van der Waals surface area contributed by atoms with Crippen LogP contribution in [-0.2, 0) is 0 Å². The zero-order valence-corrected chi connectivity index (χ0v) is 9.26. The van der Waals surface area contributed by atoms with E-state index in [1.807, 2.05) is 32.2 Å². The number of fused-ring (bicyclic) bond motifs is 3. The first-order valence-corrected chi connectivity index (χ1v) is 5.22. The molecule has 80 valence electrons. The molecule has 2 heterocycles. The van der Waals surface area contributed by atoms with E-state index >= 15 is 0 Å². The van der Waals surface area contributed by atoms with Gasteiger partial charge in [0.1, 0.15) is 0 Å². The fourth-order valence-electron chi connectivity index (χ4n) is 1.74. The maximum Gasteiger partial charge on any atom is 0.231 e. The van der Waals surface area contributed by atoms with Crippen LogP contribution in [0, 0.1) is 6.92 Å². The van der Waals surface area contributed by atoms with Crippen LogP contribution in [0.15, 0.2) is 18.3 Å². The molecule has 3 heteroatoms. The highest BCUT2D eigenvalue weighted by Gasteiger charge is 2.18. The Kier molecular flexibility index (Phi) is 2.54. The van der Waals surface area contributed by atoms with Crippen molar-refractivity contribution in [1.29, 1.82) is 0 Å². The highest BCUT2D eigenvalue weighted by atomic mass is 16.7. The molecule has 0 radical (unpaired) electrons. The van der Waals surface area contributed by atoms with Crippen LogP contribution < -0.4 is 9.47 Å². The molecule has 0 saturated heterocycles. The Labute approximate surface area is 89.0 Å². The minimum absolute atomic E-state index is 0.332. The Hall–Kier alpha value is -1.64. The van der Waals surface area contributed by atoms with E-state index in [-0.39, 0.29) is 0 Å². The van der Waals surface area contributed by atoms with Crippen LogP contribution in [0.5, 0.6) is 11.5 Å². The molecule has 3 nitrogen and oxygen atoms in total. The van der Waals surface area contributed by atoms with Crippen molar-refractivity contribution in [3.8, 4) is 11.5 Å². The largest absolute Gasteiger partial charge is 0.454 e. The SMILES string of the molecule is CC.Cc1c[nH]c2ccc3c(c12)OCO3. The third-order valence-corrected chi connectivity index (χ3v) is 2.38. The van der Waals surface area contributed by atoms with E-state index < -0.39 is 0 Å². The Morgan fingerprint density at radius 1 is 1.20 bits per heavy atom. The quantitative estimate of drug-likeness (QED) is 0.716. The summed E-state index contributed by atoms with van der Waals surface area (Å²) in [7, 11) is 0. The number of aryl methyl sites for hydroxylation is 1. The van der Waals surface area contributed by atoms with Crippen molar-refractivity contribution in [2.24, 2.45) is 0 Å². The molecule has 0 amide bonds. The Bertz CT molecular complexity index is 474. The van der Waals surface area contributed by atoms with Crippen molar-refractivity contribution in [3.63, 3.8) is 0 Å². The summed E-state index contributed by atoms with van der Waals surface area (Å²) >= 11 is 0. The summed E-state index contributed by atoms with van der Waals surface area (Å²) in [6.45, 7) is 6.39. The molecule has 0 fully saturated rings. The molecule has 1 N–H and O–H groups in total. The van der Waals surface area contributed by atoms with Crippen LogP contribution in [0.3, 0.4) is 0 Å². The van der Waals surface area contributed by atoms with Crippen LogP contribution in [0.25, 0.3) is 10.9 Å². The summed E-state index contributed by atoms with van der Waals surface area (Å²) in [6, 6.07) is 3.94. The van der Waals surface area contributed by atoms with Gasteiger partial charge in [-0.2, -0.15) is 0 Å². The second-order valence-corrected chi connectivity index (χ2v) is 3.19. The van der Waals surface area contributed by atoms with Crippen molar-refractivity contribution in [1.82, 2.24) is 4.98 Å². The fraction of sp³-hybridized carbons (Fsp3) is 0.333. The summed E-state index contributed by atoms with van der Waals surface area (Å²) in [5, 5.41) is 1.13. The number of hydrogen-bond acceptors (Lipinski definition) is 2. The van der Waals surface area contributed by atoms with Gasteiger partial charge in [-0.3, -0.25) is 0 Å². The molecule has 1 aromatic carbocycles. The highest BCUT2D eigenvalue weighted by Crippen LogP contribution is 2.40. The van der Waals surface area contributed by atoms with E-state index in [9.17, 15) is 0 Å². The first-order chi connectivity index (χ1) is 7.36. The number of nitrogens with one attached hydrogen (secondary N) is 1. The molecule has 0 spiro atoms. The van der Waals surface area contributed by atoms with Crippen molar-refractivity contribution < 1.29 is 9.47 Å². The van der Waals surface area contributed by atoms with Gasteiger partial charge < -0.3 is 14.5 Å². The average Bonchev–Trinajstić information content (AvgIpc) is 2.87. The van der Waals surface area contributed by atoms with Crippen molar-refractivity contribution in [3.05, 3.63) is 23.9 Å². The number of hydrogen-bond donors (Lipinski definition) is 1. The average molecular weight is 205 g/mol. The Morgan fingerprint density at radius 3 is 2.80 bits per heavy atom. The van der Waals surface area contributed by atoms with Gasteiger partial charge in [-0.05, 0) is 24.6 Å². The van der Waals surface area contributed by atoms with Gasteiger partial charge in [0, 0.05) is 17.1 Å². The summed E-state index contributed by atoms with van der Waals surface area (Å²) in [6.07, 6.45) is 1.98. The minimum atomic E-state index is 0.332. The number of rotatable bonds is 0. The first-order valence-electron chi connectivity index (χ1n) is 5.22. The first kappa shape index (κ1) is 9.90. The molecular formula is C12H15NO2. The number of ether oxygens (including phenoxy) is 2. The zero-order chi connectivity index (χ0) is 10.8.